The Morgan fingerprint density at radius 3 is 1.91 bits per heavy atom. The van der Waals surface area contributed by atoms with Gasteiger partial charge in [-0.25, -0.2) is 4.79 Å². The Morgan fingerprint density at radius 2 is 1.24 bits per heavy atom. The van der Waals surface area contributed by atoms with Crippen LogP contribution in [-0.2, 0) is 16.0 Å². The van der Waals surface area contributed by atoms with E-state index in [2.05, 4.69) is 64.2 Å². The fraction of sp³-hybridized carbons (Fsp3) is 0.638. The lowest BCUT2D eigenvalue weighted by Crippen LogP contribution is -2.46. The molecule has 1 saturated heterocycles. The SMILES string of the molecule is CCCCCCCCCCCCCCCCCCCCOC(=O)N1C(=O)CCc2ccc(OCCCCN3CCN(c4cccc5ccccc45)CC3)nc21. The standard InChI is InChI=1S/C47H70N4O4/c1-2-3-4-5-6-7-8-9-10-11-12-13-14-15-16-17-18-22-39-55-47(53)51-45(52)32-30-41-29-31-44(48-46(41)51)54-38-23-21-33-49-34-36-50(37-35-49)43-28-24-26-40-25-19-20-27-42(40)43/h19-20,24-29,31H,2-18,21-23,30,32-39H2,1H3. The number of pyridine rings is 1. The molecule has 3 aromatic rings. The molecule has 1 fully saturated rings. The topological polar surface area (TPSA) is 75.2 Å². The lowest BCUT2D eigenvalue weighted by Gasteiger charge is -2.36. The van der Waals surface area contributed by atoms with Gasteiger partial charge in [-0.1, -0.05) is 152 Å². The zero-order valence-electron chi connectivity index (χ0n) is 34.1. The molecular formula is C47H70N4O4. The smallest absolute Gasteiger partial charge is 0.422 e. The number of piperazine rings is 1. The van der Waals surface area contributed by atoms with Gasteiger partial charge >= 0.3 is 6.09 Å². The molecule has 0 unspecified atom stereocenters. The largest absolute Gasteiger partial charge is 0.478 e. The Labute approximate surface area is 332 Å². The van der Waals surface area contributed by atoms with Crippen LogP contribution in [0, 0.1) is 0 Å². The van der Waals surface area contributed by atoms with Crippen LogP contribution in [0.5, 0.6) is 5.88 Å². The Bertz CT molecular complexity index is 1550. The van der Waals surface area contributed by atoms with E-state index in [0.29, 0.717) is 31.3 Å². The van der Waals surface area contributed by atoms with Gasteiger partial charge in [0.05, 0.1) is 13.2 Å². The molecule has 2 aromatic carbocycles. The van der Waals surface area contributed by atoms with Crippen molar-refractivity contribution in [2.24, 2.45) is 0 Å². The van der Waals surface area contributed by atoms with Gasteiger partial charge in [-0.05, 0) is 55.3 Å². The summed E-state index contributed by atoms with van der Waals surface area (Å²) in [6, 6.07) is 19.0. The Hall–Kier alpha value is -3.65. The first-order chi connectivity index (χ1) is 27.1. The van der Waals surface area contributed by atoms with Crippen LogP contribution >= 0.6 is 0 Å². The van der Waals surface area contributed by atoms with Gasteiger partial charge in [0.25, 0.3) is 0 Å². The Balaban J connectivity index is 0.892. The van der Waals surface area contributed by atoms with E-state index in [0.717, 1.165) is 75.3 Å². The molecule has 3 heterocycles. The van der Waals surface area contributed by atoms with Crippen molar-refractivity contribution in [2.45, 2.75) is 148 Å². The van der Waals surface area contributed by atoms with Crippen molar-refractivity contribution in [1.29, 1.82) is 0 Å². The number of nitrogens with zero attached hydrogens (tertiary/aromatic N) is 4. The van der Waals surface area contributed by atoms with E-state index in [1.807, 2.05) is 12.1 Å². The van der Waals surface area contributed by atoms with Gasteiger partial charge < -0.3 is 14.4 Å². The van der Waals surface area contributed by atoms with Crippen LogP contribution < -0.4 is 14.5 Å². The van der Waals surface area contributed by atoms with Crippen LogP contribution in [0.25, 0.3) is 10.8 Å². The minimum Gasteiger partial charge on any atom is -0.478 e. The molecule has 2 amide bonds. The normalized spacial score (nSPS) is 14.7. The number of carbonyl (C=O) groups is 2. The lowest BCUT2D eigenvalue weighted by molar-refractivity contribution is -0.118. The lowest BCUT2D eigenvalue weighted by atomic mass is 10.0. The number of aromatic nitrogens is 1. The molecule has 0 saturated carbocycles. The maximum atomic E-state index is 13.1. The number of rotatable bonds is 26. The van der Waals surface area contributed by atoms with Crippen LogP contribution in [0.15, 0.2) is 54.6 Å². The second-order valence-electron chi connectivity index (χ2n) is 15.9. The summed E-state index contributed by atoms with van der Waals surface area (Å²) < 4.78 is 11.6. The minimum atomic E-state index is -0.622. The summed E-state index contributed by atoms with van der Waals surface area (Å²) in [7, 11) is 0. The molecule has 8 heteroatoms. The number of amides is 2. The van der Waals surface area contributed by atoms with Crippen molar-refractivity contribution in [3.05, 3.63) is 60.2 Å². The molecule has 0 radical (unpaired) electrons. The first kappa shape index (κ1) is 42.5. The van der Waals surface area contributed by atoms with Gasteiger partial charge in [0.2, 0.25) is 11.8 Å². The molecule has 0 atom stereocenters. The molecule has 5 rings (SSSR count). The highest BCUT2D eigenvalue weighted by Gasteiger charge is 2.32. The van der Waals surface area contributed by atoms with Gasteiger partial charge in [0.1, 0.15) is 0 Å². The van der Waals surface area contributed by atoms with E-state index in [4.69, 9.17) is 9.47 Å². The third kappa shape index (κ3) is 14.4. The molecule has 0 N–H and O–H groups in total. The molecule has 2 aliphatic rings. The van der Waals surface area contributed by atoms with Crippen molar-refractivity contribution in [3.63, 3.8) is 0 Å². The van der Waals surface area contributed by atoms with E-state index < -0.39 is 6.09 Å². The summed E-state index contributed by atoms with van der Waals surface area (Å²) in [4.78, 5) is 36.7. The van der Waals surface area contributed by atoms with Crippen molar-refractivity contribution in [3.8, 4) is 5.88 Å². The predicted molar refractivity (Wildman–Crippen MR) is 228 cm³/mol. The molecule has 8 nitrogen and oxygen atoms in total. The van der Waals surface area contributed by atoms with Crippen molar-refractivity contribution >= 4 is 34.3 Å². The summed E-state index contributed by atoms with van der Waals surface area (Å²) >= 11 is 0. The summed E-state index contributed by atoms with van der Waals surface area (Å²) in [5.74, 6) is 0.541. The molecule has 0 aliphatic carbocycles. The predicted octanol–water partition coefficient (Wildman–Crippen LogP) is 11.7. The quantitative estimate of drug-likeness (QED) is 0.0755. The van der Waals surface area contributed by atoms with Crippen molar-refractivity contribution < 1.29 is 19.1 Å². The number of anilines is 2. The summed E-state index contributed by atoms with van der Waals surface area (Å²) in [5, 5.41) is 2.62. The Kier molecular flexibility index (Phi) is 19.1. The monoisotopic (exact) mass is 755 g/mol. The second kappa shape index (κ2) is 24.8. The van der Waals surface area contributed by atoms with Crippen molar-refractivity contribution in [1.82, 2.24) is 9.88 Å². The first-order valence-corrected chi connectivity index (χ1v) is 22.2. The Morgan fingerprint density at radius 1 is 0.636 bits per heavy atom. The number of benzene rings is 2. The zero-order valence-corrected chi connectivity index (χ0v) is 34.1. The number of carbonyl (C=O) groups excluding carboxylic acids is 2. The third-order valence-corrected chi connectivity index (χ3v) is 11.5. The number of unbranched alkanes of at least 4 members (excludes halogenated alkanes) is 18. The molecule has 0 spiro atoms. The van der Waals surface area contributed by atoms with E-state index in [1.54, 1.807) is 0 Å². The van der Waals surface area contributed by atoms with Gasteiger partial charge in [-0.15, -0.1) is 0 Å². The van der Waals surface area contributed by atoms with Crippen molar-refractivity contribution in [2.75, 3.05) is 55.7 Å². The number of imide groups is 1. The van der Waals surface area contributed by atoms with E-state index >= 15 is 0 Å². The fourth-order valence-corrected chi connectivity index (χ4v) is 8.13. The fourth-order valence-electron chi connectivity index (χ4n) is 8.13. The second-order valence-corrected chi connectivity index (χ2v) is 15.9. The van der Waals surface area contributed by atoms with Crippen LogP contribution in [-0.4, -0.2) is 67.8 Å². The summed E-state index contributed by atoms with van der Waals surface area (Å²) in [6.45, 7) is 8.35. The van der Waals surface area contributed by atoms with E-state index in [-0.39, 0.29) is 12.3 Å². The minimum absolute atomic E-state index is 0.263. The first-order valence-electron chi connectivity index (χ1n) is 22.2. The molecule has 302 valence electrons. The average molecular weight is 755 g/mol. The van der Waals surface area contributed by atoms with E-state index in [1.165, 1.54) is 113 Å². The van der Waals surface area contributed by atoms with Crippen LogP contribution in [0.1, 0.15) is 147 Å². The maximum absolute atomic E-state index is 13.1. The highest BCUT2D eigenvalue weighted by molar-refractivity contribution is 6.13. The van der Waals surface area contributed by atoms with Gasteiger partial charge in [0, 0.05) is 49.7 Å². The maximum Gasteiger partial charge on any atom is 0.422 e. The number of hydrogen-bond donors (Lipinski definition) is 0. The van der Waals surface area contributed by atoms with Gasteiger partial charge in [0.15, 0.2) is 5.82 Å². The molecular weight excluding hydrogens is 685 g/mol. The zero-order chi connectivity index (χ0) is 38.3. The molecule has 0 bridgehead atoms. The highest BCUT2D eigenvalue weighted by atomic mass is 16.6. The molecule has 1 aromatic heterocycles. The van der Waals surface area contributed by atoms with Gasteiger partial charge in [-0.3, -0.25) is 9.69 Å². The van der Waals surface area contributed by atoms with Crippen LogP contribution in [0.3, 0.4) is 0 Å². The number of fused-ring (bicyclic) bond motifs is 2. The third-order valence-electron chi connectivity index (χ3n) is 11.5. The van der Waals surface area contributed by atoms with Crippen LogP contribution in [0.4, 0.5) is 16.3 Å². The van der Waals surface area contributed by atoms with Crippen LogP contribution in [0.2, 0.25) is 0 Å². The number of aryl methyl sites for hydroxylation is 1. The number of ether oxygens (including phenoxy) is 2. The summed E-state index contributed by atoms with van der Waals surface area (Å²) in [5.41, 5.74) is 2.21. The number of hydrogen-bond acceptors (Lipinski definition) is 7. The highest BCUT2D eigenvalue weighted by Crippen LogP contribution is 2.30. The van der Waals surface area contributed by atoms with E-state index in [9.17, 15) is 9.59 Å². The average Bonchev–Trinajstić information content (AvgIpc) is 3.21. The molecule has 2 aliphatic heterocycles. The molecule has 55 heavy (non-hydrogen) atoms. The summed E-state index contributed by atoms with van der Waals surface area (Å²) in [6.07, 6.45) is 25.8. The van der Waals surface area contributed by atoms with Gasteiger partial charge in [-0.2, -0.15) is 9.88 Å².